The van der Waals surface area contributed by atoms with Crippen LogP contribution >= 0.6 is 34.5 Å². The van der Waals surface area contributed by atoms with Crippen LogP contribution in [0.25, 0.3) is 0 Å². The van der Waals surface area contributed by atoms with Crippen molar-refractivity contribution in [2.75, 3.05) is 11.4 Å². The molecule has 0 atom stereocenters. The maximum Gasteiger partial charge on any atom is 0.0522 e. The lowest BCUT2D eigenvalue weighted by atomic mass is 10.1. The summed E-state index contributed by atoms with van der Waals surface area (Å²) in [6, 6.07) is 10.2. The van der Waals surface area contributed by atoms with Crippen LogP contribution in [0.1, 0.15) is 17.4 Å². The highest BCUT2D eigenvalue weighted by Crippen LogP contribution is 2.30. The summed E-state index contributed by atoms with van der Waals surface area (Å²) in [7, 11) is 0. The van der Waals surface area contributed by atoms with Crippen molar-refractivity contribution in [1.82, 2.24) is 0 Å². The van der Waals surface area contributed by atoms with Gasteiger partial charge < -0.3 is 4.90 Å². The molecule has 0 saturated heterocycles. The maximum absolute atomic E-state index is 6.20. The van der Waals surface area contributed by atoms with Crippen molar-refractivity contribution in [3.05, 3.63) is 51.2 Å². The third kappa shape index (κ3) is 3.00. The lowest BCUT2D eigenvalue weighted by molar-refractivity contribution is 0.837. The second kappa shape index (κ2) is 6.46. The fraction of sp³-hybridized carbons (Fsp3) is 0.286. The number of hydrogen-bond acceptors (Lipinski definition) is 2. The first-order chi connectivity index (χ1) is 8.76. The highest BCUT2D eigenvalue weighted by Gasteiger charge is 2.12. The molecule has 1 aromatic carbocycles. The molecular weight excluding hydrogens is 285 g/mol. The molecule has 0 unspecified atom stereocenters. The van der Waals surface area contributed by atoms with E-state index in [-0.39, 0.29) is 0 Å². The molecule has 18 heavy (non-hydrogen) atoms. The Labute approximate surface area is 122 Å². The molecule has 96 valence electrons. The third-order valence-corrected chi connectivity index (χ3v) is 4.36. The first-order valence-electron chi connectivity index (χ1n) is 5.87. The smallest absolute Gasteiger partial charge is 0.0522 e. The quantitative estimate of drug-likeness (QED) is 0.689. The van der Waals surface area contributed by atoms with Crippen molar-refractivity contribution in [3.8, 4) is 0 Å². The second-order valence-electron chi connectivity index (χ2n) is 3.96. The van der Waals surface area contributed by atoms with Gasteiger partial charge in [-0.05, 0) is 30.5 Å². The molecule has 0 bridgehead atoms. The topological polar surface area (TPSA) is 3.24 Å². The monoisotopic (exact) mass is 299 g/mol. The fourth-order valence-electron chi connectivity index (χ4n) is 1.93. The van der Waals surface area contributed by atoms with Gasteiger partial charge in [-0.25, -0.2) is 0 Å². The molecule has 0 aliphatic heterocycles. The van der Waals surface area contributed by atoms with E-state index >= 15 is 0 Å². The number of alkyl halides is 1. The SMILES string of the molecule is CCN(Cc1cccs1)c1cccc(Cl)c1CCl. The van der Waals surface area contributed by atoms with E-state index in [0.717, 1.165) is 29.4 Å². The molecule has 0 aliphatic rings. The van der Waals surface area contributed by atoms with Gasteiger partial charge in [0, 0.05) is 27.7 Å². The third-order valence-electron chi connectivity index (χ3n) is 2.88. The summed E-state index contributed by atoms with van der Waals surface area (Å²) in [5, 5.41) is 2.84. The largest absolute Gasteiger partial charge is 0.366 e. The number of thiophene rings is 1. The van der Waals surface area contributed by atoms with Gasteiger partial charge in [0.25, 0.3) is 0 Å². The summed E-state index contributed by atoms with van der Waals surface area (Å²) in [5.41, 5.74) is 2.15. The summed E-state index contributed by atoms with van der Waals surface area (Å²) in [5.74, 6) is 0.440. The molecule has 0 amide bonds. The molecule has 0 N–H and O–H groups in total. The van der Waals surface area contributed by atoms with Gasteiger partial charge in [0.1, 0.15) is 0 Å². The lowest BCUT2D eigenvalue weighted by Crippen LogP contribution is -2.22. The number of benzene rings is 1. The summed E-state index contributed by atoms with van der Waals surface area (Å²) in [4.78, 5) is 3.65. The van der Waals surface area contributed by atoms with Gasteiger partial charge >= 0.3 is 0 Å². The molecular formula is C14H15Cl2NS. The van der Waals surface area contributed by atoms with Crippen LogP contribution in [-0.2, 0) is 12.4 Å². The van der Waals surface area contributed by atoms with Gasteiger partial charge in [-0.15, -0.1) is 22.9 Å². The normalized spacial score (nSPS) is 10.6. The highest BCUT2D eigenvalue weighted by atomic mass is 35.5. The maximum atomic E-state index is 6.20. The Kier molecular flexibility index (Phi) is 4.93. The fourth-order valence-corrected chi connectivity index (χ4v) is 3.24. The van der Waals surface area contributed by atoms with Gasteiger partial charge in [-0.1, -0.05) is 23.7 Å². The Balaban J connectivity index is 2.30. The number of halogens is 2. The summed E-state index contributed by atoms with van der Waals surface area (Å²) in [6.45, 7) is 3.98. The summed E-state index contributed by atoms with van der Waals surface area (Å²) in [6.07, 6.45) is 0. The van der Waals surface area contributed by atoms with E-state index in [0.29, 0.717) is 5.88 Å². The molecule has 1 heterocycles. The van der Waals surface area contributed by atoms with E-state index in [2.05, 4.69) is 35.4 Å². The van der Waals surface area contributed by atoms with E-state index < -0.39 is 0 Å². The molecule has 0 aliphatic carbocycles. The van der Waals surface area contributed by atoms with Crippen molar-refractivity contribution in [1.29, 1.82) is 0 Å². The Bertz CT molecular complexity index is 497. The number of anilines is 1. The Morgan fingerprint density at radius 2 is 2.06 bits per heavy atom. The van der Waals surface area contributed by atoms with Crippen molar-refractivity contribution in [2.45, 2.75) is 19.3 Å². The highest BCUT2D eigenvalue weighted by molar-refractivity contribution is 7.09. The number of hydrogen-bond donors (Lipinski definition) is 0. The van der Waals surface area contributed by atoms with Gasteiger partial charge in [-0.2, -0.15) is 0 Å². The van der Waals surface area contributed by atoms with Crippen molar-refractivity contribution < 1.29 is 0 Å². The van der Waals surface area contributed by atoms with Gasteiger partial charge in [0.05, 0.1) is 12.4 Å². The zero-order valence-corrected chi connectivity index (χ0v) is 12.5. The molecule has 0 fully saturated rings. The minimum atomic E-state index is 0.440. The average molecular weight is 300 g/mol. The zero-order valence-electron chi connectivity index (χ0n) is 10.2. The van der Waals surface area contributed by atoms with Crippen LogP contribution in [0, 0.1) is 0 Å². The van der Waals surface area contributed by atoms with E-state index in [1.807, 2.05) is 12.1 Å². The van der Waals surface area contributed by atoms with Crippen LogP contribution in [0.2, 0.25) is 5.02 Å². The van der Waals surface area contributed by atoms with E-state index in [1.54, 1.807) is 11.3 Å². The molecule has 2 aromatic rings. The minimum Gasteiger partial charge on any atom is -0.366 e. The predicted octanol–water partition coefficient (Wildman–Crippen LogP) is 5.17. The van der Waals surface area contributed by atoms with Crippen LogP contribution in [-0.4, -0.2) is 6.54 Å². The molecule has 0 spiro atoms. The van der Waals surface area contributed by atoms with Crippen LogP contribution in [0.3, 0.4) is 0 Å². The van der Waals surface area contributed by atoms with Crippen LogP contribution in [0.15, 0.2) is 35.7 Å². The predicted molar refractivity (Wildman–Crippen MR) is 82.1 cm³/mol. The molecule has 0 saturated carbocycles. The lowest BCUT2D eigenvalue weighted by Gasteiger charge is -2.25. The van der Waals surface area contributed by atoms with Crippen LogP contribution in [0.5, 0.6) is 0 Å². The second-order valence-corrected chi connectivity index (χ2v) is 5.67. The Morgan fingerprint density at radius 1 is 1.22 bits per heavy atom. The van der Waals surface area contributed by atoms with Gasteiger partial charge in [0.2, 0.25) is 0 Å². The zero-order chi connectivity index (χ0) is 13.0. The van der Waals surface area contributed by atoms with Crippen molar-refractivity contribution in [2.24, 2.45) is 0 Å². The van der Waals surface area contributed by atoms with Crippen LogP contribution in [0.4, 0.5) is 5.69 Å². The van der Waals surface area contributed by atoms with Gasteiger partial charge in [0.15, 0.2) is 0 Å². The van der Waals surface area contributed by atoms with E-state index in [9.17, 15) is 0 Å². The first kappa shape index (κ1) is 13.7. The van der Waals surface area contributed by atoms with Crippen LogP contribution < -0.4 is 4.90 Å². The summed E-state index contributed by atoms with van der Waals surface area (Å²) >= 11 is 14.0. The standard InChI is InChI=1S/C14H15Cl2NS/c1-2-17(10-11-5-4-8-18-11)14-7-3-6-13(16)12(14)9-15/h3-8H,2,9-10H2,1H3. The average Bonchev–Trinajstić information content (AvgIpc) is 2.88. The molecule has 4 heteroatoms. The van der Waals surface area contributed by atoms with Crippen molar-refractivity contribution >= 4 is 40.2 Å². The number of rotatable bonds is 5. The minimum absolute atomic E-state index is 0.440. The number of nitrogens with zero attached hydrogens (tertiary/aromatic N) is 1. The Morgan fingerprint density at radius 3 is 2.67 bits per heavy atom. The summed E-state index contributed by atoms with van der Waals surface area (Å²) < 4.78 is 0. The van der Waals surface area contributed by atoms with E-state index in [4.69, 9.17) is 23.2 Å². The van der Waals surface area contributed by atoms with Crippen molar-refractivity contribution in [3.63, 3.8) is 0 Å². The Hall–Kier alpha value is -0.700. The van der Waals surface area contributed by atoms with Gasteiger partial charge in [-0.3, -0.25) is 0 Å². The molecule has 0 radical (unpaired) electrons. The first-order valence-corrected chi connectivity index (χ1v) is 7.66. The molecule has 1 aromatic heterocycles. The molecule has 2 rings (SSSR count). The molecule has 1 nitrogen and oxygen atoms in total. The van der Waals surface area contributed by atoms with E-state index in [1.165, 1.54) is 4.88 Å².